The molecule has 8 heteroatoms. The van der Waals surface area contributed by atoms with Crippen LogP contribution in [0, 0.1) is 20.8 Å². The predicted molar refractivity (Wildman–Crippen MR) is 131 cm³/mol. The summed E-state index contributed by atoms with van der Waals surface area (Å²) in [5.41, 5.74) is 8.54. The second-order valence-electron chi connectivity index (χ2n) is 9.41. The highest BCUT2D eigenvalue weighted by molar-refractivity contribution is 7.09. The number of fused-ring (bicyclic) bond motifs is 3. The fourth-order valence-electron chi connectivity index (χ4n) is 4.54. The zero-order chi connectivity index (χ0) is 23.5. The van der Waals surface area contributed by atoms with Gasteiger partial charge in [0.05, 0.1) is 35.3 Å². The maximum atomic E-state index is 5.81. The summed E-state index contributed by atoms with van der Waals surface area (Å²) in [4.78, 5) is 19.0. The van der Waals surface area contributed by atoms with Gasteiger partial charge in [-0.05, 0) is 32.9 Å². The first-order valence-electron chi connectivity index (χ1n) is 10.9. The molecule has 0 unspecified atom stereocenters. The molecule has 1 N–H and O–H groups in total. The molecule has 0 spiro atoms. The van der Waals surface area contributed by atoms with Gasteiger partial charge in [-0.2, -0.15) is 0 Å². The third-order valence-corrected chi connectivity index (χ3v) is 6.77. The molecule has 0 saturated heterocycles. The molecular formula is C25H27N5O2S. The molecule has 0 atom stereocenters. The lowest BCUT2D eigenvalue weighted by Gasteiger charge is -2.17. The lowest BCUT2D eigenvalue weighted by atomic mass is 9.90. The molecule has 0 saturated carbocycles. The van der Waals surface area contributed by atoms with Crippen molar-refractivity contribution in [3.8, 4) is 16.9 Å². The molecular weight excluding hydrogens is 434 g/mol. The first kappa shape index (κ1) is 21.6. The SMILES string of the molecule is COc1cc2c(cc1-c1c(C)noc1C)[nH]c1nc(C)nc(Cc3scnc3C(C)(C)C)c12. The molecule has 0 aliphatic heterocycles. The van der Waals surface area contributed by atoms with E-state index in [1.165, 1.54) is 4.88 Å². The molecule has 7 nitrogen and oxygen atoms in total. The molecule has 0 aliphatic carbocycles. The second-order valence-corrected chi connectivity index (χ2v) is 10.4. The van der Waals surface area contributed by atoms with Crippen molar-refractivity contribution >= 4 is 33.3 Å². The third kappa shape index (κ3) is 3.58. The molecule has 170 valence electrons. The zero-order valence-electron chi connectivity index (χ0n) is 20.0. The zero-order valence-corrected chi connectivity index (χ0v) is 20.8. The number of nitrogens with zero attached hydrogens (tertiary/aromatic N) is 4. The molecule has 5 aromatic rings. The van der Waals surface area contributed by atoms with Gasteiger partial charge in [0.2, 0.25) is 0 Å². The number of hydrogen-bond donors (Lipinski definition) is 1. The topological polar surface area (TPSA) is 89.7 Å². The van der Waals surface area contributed by atoms with E-state index in [2.05, 4.69) is 48.0 Å². The Kier molecular flexibility index (Phi) is 5.01. The number of aromatic nitrogens is 5. The van der Waals surface area contributed by atoms with Crippen LogP contribution in [0.4, 0.5) is 0 Å². The first-order valence-corrected chi connectivity index (χ1v) is 11.8. The van der Waals surface area contributed by atoms with Crippen molar-refractivity contribution in [2.24, 2.45) is 0 Å². The Morgan fingerprint density at radius 1 is 1.12 bits per heavy atom. The summed E-state index contributed by atoms with van der Waals surface area (Å²) in [7, 11) is 1.69. The second kappa shape index (κ2) is 7.66. The number of aryl methyl sites for hydroxylation is 3. The molecule has 0 amide bonds. The molecule has 4 heterocycles. The Morgan fingerprint density at radius 3 is 2.58 bits per heavy atom. The number of methoxy groups -OCH3 is 1. The van der Waals surface area contributed by atoms with Crippen molar-refractivity contribution < 1.29 is 9.26 Å². The quantitative estimate of drug-likeness (QED) is 0.351. The smallest absolute Gasteiger partial charge is 0.142 e. The van der Waals surface area contributed by atoms with Crippen LogP contribution in [0.3, 0.4) is 0 Å². The van der Waals surface area contributed by atoms with Gasteiger partial charge in [-0.25, -0.2) is 15.0 Å². The predicted octanol–water partition coefficient (Wildman–Crippen LogP) is 6.04. The van der Waals surface area contributed by atoms with Crippen molar-refractivity contribution in [3.63, 3.8) is 0 Å². The molecule has 33 heavy (non-hydrogen) atoms. The van der Waals surface area contributed by atoms with Gasteiger partial charge >= 0.3 is 0 Å². The Morgan fingerprint density at radius 2 is 1.91 bits per heavy atom. The number of rotatable bonds is 4. The average molecular weight is 462 g/mol. The lowest BCUT2D eigenvalue weighted by molar-refractivity contribution is 0.393. The summed E-state index contributed by atoms with van der Waals surface area (Å²) >= 11 is 1.68. The van der Waals surface area contributed by atoms with E-state index in [0.29, 0.717) is 6.42 Å². The van der Waals surface area contributed by atoms with Crippen LogP contribution in [-0.4, -0.2) is 32.2 Å². The van der Waals surface area contributed by atoms with Crippen LogP contribution in [0.5, 0.6) is 5.75 Å². The van der Waals surface area contributed by atoms with Gasteiger partial charge in [-0.15, -0.1) is 11.3 Å². The van der Waals surface area contributed by atoms with Gasteiger partial charge in [-0.1, -0.05) is 25.9 Å². The number of H-pyrrole nitrogens is 1. The van der Waals surface area contributed by atoms with Crippen molar-refractivity contribution in [2.45, 2.75) is 53.4 Å². The minimum Gasteiger partial charge on any atom is -0.496 e. The van der Waals surface area contributed by atoms with Crippen molar-refractivity contribution in [1.82, 2.24) is 25.1 Å². The van der Waals surface area contributed by atoms with E-state index < -0.39 is 0 Å². The fraction of sp³-hybridized carbons (Fsp3) is 0.360. The molecule has 0 radical (unpaired) electrons. The molecule has 0 aliphatic rings. The van der Waals surface area contributed by atoms with Gasteiger partial charge in [-0.3, -0.25) is 0 Å². The summed E-state index contributed by atoms with van der Waals surface area (Å²) in [5.74, 6) is 2.26. The van der Waals surface area contributed by atoms with Crippen molar-refractivity contribution in [3.05, 3.63) is 51.2 Å². The van der Waals surface area contributed by atoms with E-state index >= 15 is 0 Å². The standard InChI is InChI=1S/C25H27N5O2S/c1-12-21(13(2)32-30-12)16-8-17-15(9-19(16)31-7)22-18(27-14(3)28-24(22)29-17)10-20-23(25(4,5)6)26-11-33-20/h8-9,11H,10H2,1-7H3,(H,27,28,29). The summed E-state index contributed by atoms with van der Waals surface area (Å²) in [6.07, 6.45) is 0.706. The third-order valence-electron chi connectivity index (χ3n) is 5.94. The van der Waals surface area contributed by atoms with E-state index in [-0.39, 0.29) is 5.41 Å². The van der Waals surface area contributed by atoms with Crippen LogP contribution in [0.1, 0.15) is 54.3 Å². The molecule has 4 aromatic heterocycles. The van der Waals surface area contributed by atoms with Gasteiger partial charge in [0.25, 0.3) is 0 Å². The maximum absolute atomic E-state index is 5.81. The lowest BCUT2D eigenvalue weighted by Crippen LogP contribution is -2.14. The number of hydrogen-bond acceptors (Lipinski definition) is 7. The Balaban J connectivity index is 1.74. The van der Waals surface area contributed by atoms with Crippen LogP contribution in [0.15, 0.2) is 22.2 Å². The number of benzene rings is 1. The highest BCUT2D eigenvalue weighted by atomic mass is 32.1. The largest absolute Gasteiger partial charge is 0.496 e. The molecule has 0 bridgehead atoms. The Hall–Kier alpha value is -3.26. The average Bonchev–Trinajstić information content (AvgIpc) is 3.43. The number of nitrogens with one attached hydrogen (secondary N) is 1. The van der Waals surface area contributed by atoms with E-state index in [4.69, 9.17) is 19.2 Å². The Labute approximate surface area is 196 Å². The number of thiazole rings is 1. The maximum Gasteiger partial charge on any atom is 0.142 e. The fourth-order valence-corrected chi connectivity index (χ4v) is 5.52. The van der Waals surface area contributed by atoms with Crippen LogP contribution >= 0.6 is 11.3 Å². The highest BCUT2D eigenvalue weighted by Gasteiger charge is 2.24. The van der Waals surface area contributed by atoms with Gasteiger partial charge < -0.3 is 14.2 Å². The van der Waals surface area contributed by atoms with E-state index in [9.17, 15) is 0 Å². The van der Waals surface area contributed by atoms with Gasteiger partial charge in [0.1, 0.15) is 23.0 Å². The summed E-state index contributed by atoms with van der Waals surface area (Å²) in [5, 5.41) is 6.18. The highest BCUT2D eigenvalue weighted by Crippen LogP contribution is 2.40. The number of ether oxygens (including phenoxy) is 1. The van der Waals surface area contributed by atoms with E-state index in [1.807, 2.05) is 26.3 Å². The van der Waals surface area contributed by atoms with E-state index in [0.717, 1.165) is 67.5 Å². The normalized spacial score (nSPS) is 12.2. The van der Waals surface area contributed by atoms with Gasteiger partial charge in [0, 0.05) is 38.6 Å². The summed E-state index contributed by atoms with van der Waals surface area (Å²) in [6.45, 7) is 12.4. The van der Waals surface area contributed by atoms with Gasteiger partial charge in [0.15, 0.2) is 0 Å². The van der Waals surface area contributed by atoms with Crippen LogP contribution in [0.2, 0.25) is 0 Å². The summed E-state index contributed by atoms with van der Waals surface area (Å²) in [6, 6.07) is 4.16. The first-order chi connectivity index (χ1) is 15.7. The van der Waals surface area contributed by atoms with Crippen LogP contribution in [0.25, 0.3) is 33.1 Å². The molecule has 5 rings (SSSR count). The minimum absolute atomic E-state index is 0.0246. The Bertz CT molecular complexity index is 1480. The number of aromatic amines is 1. The molecule has 1 aromatic carbocycles. The molecule has 0 fully saturated rings. The van der Waals surface area contributed by atoms with Crippen LogP contribution < -0.4 is 4.74 Å². The summed E-state index contributed by atoms with van der Waals surface area (Å²) < 4.78 is 11.2. The van der Waals surface area contributed by atoms with Crippen LogP contribution in [-0.2, 0) is 11.8 Å². The van der Waals surface area contributed by atoms with E-state index in [1.54, 1.807) is 18.4 Å². The van der Waals surface area contributed by atoms with Crippen molar-refractivity contribution in [1.29, 1.82) is 0 Å². The monoisotopic (exact) mass is 461 g/mol. The minimum atomic E-state index is -0.0246. The van der Waals surface area contributed by atoms with Crippen molar-refractivity contribution in [2.75, 3.05) is 7.11 Å².